The molecular weight excluding hydrogens is 548 g/mol. The molecule has 0 spiro atoms. The van der Waals surface area contributed by atoms with Crippen LogP contribution in [0.5, 0.6) is 17.2 Å². The van der Waals surface area contributed by atoms with E-state index in [-0.39, 0.29) is 19.6 Å². The predicted molar refractivity (Wildman–Crippen MR) is 148 cm³/mol. The van der Waals surface area contributed by atoms with Crippen molar-refractivity contribution in [2.75, 3.05) is 19.6 Å². The van der Waals surface area contributed by atoms with Crippen LogP contribution >= 0.6 is 0 Å². The monoisotopic (exact) mass is 584 g/mol. The van der Waals surface area contributed by atoms with Gasteiger partial charge in [-0.1, -0.05) is 19.3 Å². The van der Waals surface area contributed by atoms with E-state index in [0.717, 1.165) is 12.1 Å². The molecule has 0 saturated heterocycles. The summed E-state index contributed by atoms with van der Waals surface area (Å²) in [6.07, 6.45) is 4.07. The van der Waals surface area contributed by atoms with E-state index in [4.69, 9.17) is 30.0 Å². The van der Waals surface area contributed by atoms with E-state index < -0.39 is 47.1 Å². The lowest BCUT2D eigenvalue weighted by molar-refractivity contribution is 0.0695. The Hall–Kier alpha value is -5.03. The quantitative estimate of drug-likeness (QED) is 0.160. The van der Waals surface area contributed by atoms with Crippen LogP contribution in [-0.4, -0.2) is 49.0 Å². The standard InChI is InChI=1S/C28H36N6O8/c29-13-7-1-4-10-16-32-26(37)40-22-19-21(25(35)36)20-23(41-27(38)33-17-11-5-2-8-14-30)24(22)42-28(39)34-18-12-6-3-9-15-31/h19-20H,1-12,16-18H2,(H,32,37)(H,33,38)(H,34,39)(H,35,36). The number of hydrogen-bond acceptors (Lipinski definition) is 10. The molecule has 0 aromatic heterocycles. The Kier molecular flexibility index (Phi) is 18.1. The largest absolute Gasteiger partial charge is 0.478 e. The summed E-state index contributed by atoms with van der Waals surface area (Å²) in [5, 5.41) is 42.9. The second-order valence-electron chi connectivity index (χ2n) is 8.96. The Labute approximate surface area is 244 Å². The summed E-state index contributed by atoms with van der Waals surface area (Å²) in [6, 6.07) is 8.01. The van der Waals surface area contributed by atoms with Gasteiger partial charge in [0.2, 0.25) is 5.75 Å². The van der Waals surface area contributed by atoms with Gasteiger partial charge in [-0.3, -0.25) is 0 Å². The zero-order valence-electron chi connectivity index (χ0n) is 23.4. The predicted octanol–water partition coefficient (Wildman–Crippen LogP) is 4.90. The third-order valence-electron chi connectivity index (χ3n) is 5.57. The van der Waals surface area contributed by atoms with E-state index in [1.807, 2.05) is 18.2 Å². The first-order valence-corrected chi connectivity index (χ1v) is 13.7. The van der Waals surface area contributed by atoms with Crippen LogP contribution in [0.3, 0.4) is 0 Å². The molecule has 0 aliphatic heterocycles. The van der Waals surface area contributed by atoms with E-state index >= 15 is 0 Å². The number of hydrogen-bond donors (Lipinski definition) is 4. The van der Waals surface area contributed by atoms with E-state index in [1.165, 1.54) is 0 Å². The highest BCUT2D eigenvalue weighted by Gasteiger charge is 2.24. The third kappa shape index (κ3) is 15.5. The minimum Gasteiger partial charge on any atom is -0.478 e. The van der Waals surface area contributed by atoms with Gasteiger partial charge in [-0.25, -0.2) is 19.2 Å². The van der Waals surface area contributed by atoms with Crippen molar-refractivity contribution in [3.05, 3.63) is 17.7 Å². The summed E-state index contributed by atoms with van der Waals surface area (Å²) < 4.78 is 15.8. The molecule has 0 bridgehead atoms. The number of ether oxygens (including phenoxy) is 3. The fraction of sp³-hybridized carbons (Fsp3) is 0.536. The van der Waals surface area contributed by atoms with Gasteiger partial charge in [0.05, 0.1) is 23.8 Å². The van der Waals surface area contributed by atoms with Gasteiger partial charge in [-0.05, 0) is 50.7 Å². The molecule has 226 valence electrons. The zero-order chi connectivity index (χ0) is 31.0. The Morgan fingerprint density at radius 2 is 0.952 bits per heavy atom. The summed E-state index contributed by atoms with van der Waals surface area (Å²) >= 11 is 0. The third-order valence-corrected chi connectivity index (χ3v) is 5.57. The SMILES string of the molecule is N#CCCCCCNC(=O)Oc1cc(C(=O)O)cc(OC(=O)NCCCCCC#N)c1OC(=O)NCCCCCC#N. The summed E-state index contributed by atoms with van der Waals surface area (Å²) in [6.45, 7) is 0.638. The lowest BCUT2D eigenvalue weighted by Gasteiger charge is -2.16. The number of carbonyl (C=O) groups excluding carboxylic acids is 3. The maximum absolute atomic E-state index is 12.5. The smallest absolute Gasteiger partial charge is 0.412 e. The van der Waals surface area contributed by atoms with Crippen molar-refractivity contribution in [2.45, 2.75) is 77.0 Å². The van der Waals surface area contributed by atoms with Crippen LogP contribution in [0.1, 0.15) is 87.4 Å². The molecule has 4 N–H and O–H groups in total. The molecule has 0 saturated carbocycles. The number of carbonyl (C=O) groups is 4. The first-order chi connectivity index (χ1) is 20.3. The molecule has 0 aliphatic rings. The van der Waals surface area contributed by atoms with Gasteiger partial charge in [-0.2, -0.15) is 15.8 Å². The number of benzene rings is 1. The average Bonchev–Trinajstić information content (AvgIpc) is 2.95. The highest BCUT2D eigenvalue weighted by Crippen LogP contribution is 2.39. The van der Waals surface area contributed by atoms with Crippen molar-refractivity contribution in [3.8, 4) is 35.5 Å². The molecule has 1 aromatic rings. The molecular formula is C28H36N6O8. The van der Waals surface area contributed by atoms with Crippen LogP contribution in [0.2, 0.25) is 0 Å². The summed E-state index contributed by atoms with van der Waals surface area (Å²) in [5.41, 5.74) is -0.404. The molecule has 1 aromatic carbocycles. The number of amides is 3. The number of unbranched alkanes of at least 4 members (excludes halogenated alkanes) is 9. The molecule has 0 unspecified atom stereocenters. The Balaban J connectivity index is 3.05. The number of nitrogens with one attached hydrogen (secondary N) is 3. The van der Waals surface area contributed by atoms with Crippen molar-refractivity contribution in [3.63, 3.8) is 0 Å². The molecule has 0 fully saturated rings. The minimum atomic E-state index is -1.42. The van der Waals surface area contributed by atoms with E-state index in [9.17, 15) is 24.3 Å². The van der Waals surface area contributed by atoms with Crippen molar-refractivity contribution in [2.24, 2.45) is 0 Å². The fourth-order valence-electron chi connectivity index (χ4n) is 3.44. The van der Waals surface area contributed by atoms with Crippen molar-refractivity contribution in [1.82, 2.24) is 16.0 Å². The van der Waals surface area contributed by atoms with Crippen molar-refractivity contribution >= 4 is 24.2 Å². The first kappa shape index (κ1) is 35.0. The minimum absolute atomic E-state index is 0.211. The number of nitrogens with zero attached hydrogens (tertiary/aromatic N) is 3. The van der Waals surface area contributed by atoms with E-state index in [0.29, 0.717) is 77.0 Å². The molecule has 0 aliphatic carbocycles. The lowest BCUT2D eigenvalue weighted by atomic mass is 10.2. The van der Waals surface area contributed by atoms with Crippen LogP contribution in [0.25, 0.3) is 0 Å². The van der Waals surface area contributed by atoms with Crippen LogP contribution in [0, 0.1) is 34.0 Å². The maximum Gasteiger partial charge on any atom is 0.412 e. The van der Waals surface area contributed by atoms with Gasteiger partial charge >= 0.3 is 24.2 Å². The summed E-state index contributed by atoms with van der Waals surface area (Å²) in [4.78, 5) is 49.2. The number of nitriles is 3. The van der Waals surface area contributed by atoms with E-state index in [1.54, 1.807) is 0 Å². The number of aromatic carboxylic acids is 1. The molecule has 1 rings (SSSR count). The normalized spacial score (nSPS) is 9.83. The highest BCUT2D eigenvalue weighted by molar-refractivity contribution is 5.91. The Bertz CT molecular complexity index is 1110. The average molecular weight is 585 g/mol. The molecule has 14 heteroatoms. The van der Waals surface area contributed by atoms with Gasteiger partial charge in [0, 0.05) is 38.9 Å². The summed E-state index contributed by atoms with van der Waals surface area (Å²) in [5.74, 6) is -2.86. The van der Waals surface area contributed by atoms with Gasteiger partial charge in [0.1, 0.15) is 0 Å². The second kappa shape index (κ2) is 21.8. The summed E-state index contributed by atoms with van der Waals surface area (Å²) in [7, 11) is 0. The topological polar surface area (TPSA) is 224 Å². The molecule has 3 amide bonds. The molecule has 0 heterocycles. The zero-order valence-corrected chi connectivity index (χ0v) is 23.4. The molecule has 14 nitrogen and oxygen atoms in total. The van der Waals surface area contributed by atoms with Crippen molar-refractivity contribution < 1.29 is 38.5 Å². The number of carboxylic acids is 1. The first-order valence-electron chi connectivity index (χ1n) is 13.7. The van der Waals surface area contributed by atoms with Gasteiger partial charge < -0.3 is 35.3 Å². The van der Waals surface area contributed by atoms with Gasteiger partial charge in [0.15, 0.2) is 11.5 Å². The number of carboxylic acid groups (broad SMARTS) is 1. The van der Waals surface area contributed by atoms with Crippen LogP contribution in [0.15, 0.2) is 12.1 Å². The maximum atomic E-state index is 12.5. The molecule has 0 radical (unpaired) electrons. The fourth-order valence-corrected chi connectivity index (χ4v) is 3.44. The van der Waals surface area contributed by atoms with Crippen LogP contribution in [0.4, 0.5) is 14.4 Å². The van der Waals surface area contributed by atoms with Gasteiger partial charge in [-0.15, -0.1) is 0 Å². The second-order valence-corrected chi connectivity index (χ2v) is 8.96. The van der Waals surface area contributed by atoms with E-state index in [2.05, 4.69) is 16.0 Å². The highest BCUT2D eigenvalue weighted by atomic mass is 16.6. The van der Waals surface area contributed by atoms with Crippen LogP contribution in [-0.2, 0) is 0 Å². The van der Waals surface area contributed by atoms with Crippen molar-refractivity contribution in [1.29, 1.82) is 15.8 Å². The Morgan fingerprint density at radius 3 is 1.29 bits per heavy atom. The molecule has 0 atom stereocenters. The number of rotatable bonds is 19. The lowest BCUT2D eigenvalue weighted by Crippen LogP contribution is -2.31. The van der Waals surface area contributed by atoms with Gasteiger partial charge in [0.25, 0.3) is 0 Å². The van der Waals surface area contributed by atoms with Crippen LogP contribution < -0.4 is 30.2 Å². The molecule has 42 heavy (non-hydrogen) atoms. The Morgan fingerprint density at radius 1 is 0.595 bits per heavy atom.